The van der Waals surface area contributed by atoms with Crippen molar-refractivity contribution >= 4 is 28.8 Å². The second kappa shape index (κ2) is 6.96. The molecule has 23 heavy (non-hydrogen) atoms. The van der Waals surface area contributed by atoms with E-state index >= 15 is 0 Å². The zero-order valence-corrected chi connectivity index (χ0v) is 13.9. The Kier molecular flexibility index (Phi) is 4.76. The largest absolute Gasteiger partial charge is 0.337 e. The van der Waals surface area contributed by atoms with Gasteiger partial charge in [-0.25, -0.2) is 0 Å². The second-order valence-corrected chi connectivity index (χ2v) is 6.87. The lowest BCUT2D eigenvalue weighted by molar-refractivity contribution is -0.121. The van der Waals surface area contributed by atoms with Crippen LogP contribution < -0.4 is 5.32 Å². The van der Waals surface area contributed by atoms with Crippen molar-refractivity contribution in [2.24, 2.45) is 5.92 Å². The molecule has 4 nitrogen and oxygen atoms in total. The Morgan fingerprint density at radius 2 is 2.00 bits per heavy atom. The summed E-state index contributed by atoms with van der Waals surface area (Å²) in [6.45, 7) is 3.24. The molecule has 120 valence electrons. The lowest BCUT2D eigenvalue weighted by atomic mass is 9.97. The maximum Gasteiger partial charge on any atom is 0.263 e. The fourth-order valence-corrected chi connectivity index (χ4v) is 3.50. The number of hydrogen-bond acceptors (Lipinski definition) is 3. The fraction of sp³-hybridized carbons (Fsp3) is 0.333. The Balaban J connectivity index is 1.62. The van der Waals surface area contributed by atoms with Crippen molar-refractivity contribution in [3.8, 4) is 0 Å². The number of benzene rings is 1. The average Bonchev–Trinajstić information content (AvgIpc) is 3.11. The quantitative estimate of drug-likeness (QED) is 0.937. The van der Waals surface area contributed by atoms with E-state index in [4.69, 9.17) is 0 Å². The van der Waals surface area contributed by atoms with Crippen molar-refractivity contribution in [1.82, 2.24) is 4.90 Å². The first-order chi connectivity index (χ1) is 11.1. The summed E-state index contributed by atoms with van der Waals surface area (Å²) < 4.78 is 0. The number of carbonyl (C=O) groups is 2. The summed E-state index contributed by atoms with van der Waals surface area (Å²) in [6, 6.07) is 11.5. The van der Waals surface area contributed by atoms with Gasteiger partial charge in [0.25, 0.3) is 5.91 Å². The molecule has 5 heteroatoms. The Morgan fingerprint density at radius 3 is 2.70 bits per heavy atom. The van der Waals surface area contributed by atoms with Crippen LogP contribution in [0.25, 0.3) is 0 Å². The Bertz CT molecular complexity index is 680. The highest BCUT2D eigenvalue weighted by Gasteiger charge is 2.29. The summed E-state index contributed by atoms with van der Waals surface area (Å²) in [4.78, 5) is 27.4. The Morgan fingerprint density at radius 1 is 1.22 bits per heavy atom. The number of hydrogen-bond donors (Lipinski definition) is 1. The van der Waals surface area contributed by atoms with Gasteiger partial charge in [0.15, 0.2) is 0 Å². The summed E-state index contributed by atoms with van der Waals surface area (Å²) >= 11 is 1.45. The van der Waals surface area contributed by atoms with Gasteiger partial charge < -0.3 is 10.2 Å². The minimum absolute atomic E-state index is 0.00228. The van der Waals surface area contributed by atoms with Gasteiger partial charge in [0.1, 0.15) is 0 Å². The normalized spacial score (nSPS) is 17.8. The third-order valence-corrected chi connectivity index (χ3v) is 4.99. The van der Waals surface area contributed by atoms with Crippen LogP contribution in [0, 0.1) is 12.8 Å². The predicted octanol–water partition coefficient (Wildman–Crippen LogP) is 3.55. The lowest BCUT2D eigenvalue weighted by Crippen LogP contribution is -2.43. The van der Waals surface area contributed by atoms with E-state index in [1.54, 1.807) is 4.90 Å². The molecule has 1 N–H and O–H groups in total. The first-order valence-corrected chi connectivity index (χ1v) is 8.72. The SMILES string of the molecule is Cc1ccc(NC(=O)[C@@H]2CCCN(C(=O)c3cccs3)C2)cc1. The molecule has 0 spiro atoms. The highest BCUT2D eigenvalue weighted by atomic mass is 32.1. The zero-order chi connectivity index (χ0) is 16.2. The third-order valence-electron chi connectivity index (χ3n) is 4.13. The molecule has 1 fully saturated rings. The maximum absolute atomic E-state index is 12.5. The van der Waals surface area contributed by atoms with E-state index in [9.17, 15) is 9.59 Å². The second-order valence-electron chi connectivity index (χ2n) is 5.92. The summed E-state index contributed by atoms with van der Waals surface area (Å²) in [5, 5.41) is 4.86. The van der Waals surface area contributed by atoms with E-state index in [1.165, 1.54) is 11.3 Å². The van der Waals surface area contributed by atoms with Gasteiger partial charge in [-0.2, -0.15) is 0 Å². The zero-order valence-electron chi connectivity index (χ0n) is 13.1. The molecule has 0 bridgehead atoms. The van der Waals surface area contributed by atoms with Crippen molar-refractivity contribution in [2.45, 2.75) is 19.8 Å². The van der Waals surface area contributed by atoms with Gasteiger partial charge in [-0.15, -0.1) is 11.3 Å². The van der Waals surface area contributed by atoms with E-state index in [-0.39, 0.29) is 17.7 Å². The molecule has 1 aliphatic rings. The van der Waals surface area contributed by atoms with Crippen molar-refractivity contribution < 1.29 is 9.59 Å². The average molecular weight is 328 g/mol. The Labute approximate surface area is 140 Å². The lowest BCUT2D eigenvalue weighted by Gasteiger charge is -2.31. The van der Waals surface area contributed by atoms with Crippen LogP contribution in [0.5, 0.6) is 0 Å². The summed E-state index contributed by atoms with van der Waals surface area (Å²) in [6.07, 6.45) is 1.69. The molecule has 0 saturated carbocycles. The summed E-state index contributed by atoms with van der Waals surface area (Å²) in [7, 11) is 0. The molecule has 1 aromatic carbocycles. The molecular weight excluding hydrogens is 308 g/mol. The van der Waals surface area contributed by atoms with Crippen molar-refractivity contribution in [1.29, 1.82) is 0 Å². The van der Waals surface area contributed by atoms with Crippen LogP contribution in [-0.2, 0) is 4.79 Å². The number of piperidine rings is 1. The molecule has 1 aliphatic heterocycles. The number of carbonyl (C=O) groups excluding carboxylic acids is 2. The predicted molar refractivity (Wildman–Crippen MR) is 92.8 cm³/mol. The van der Waals surface area contributed by atoms with Gasteiger partial charge in [-0.1, -0.05) is 23.8 Å². The number of anilines is 1. The van der Waals surface area contributed by atoms with Gasteiger partial charge in [0, 0.05) is 18.8 Å². The molecule has 2 heterocycles. The molecule has 1 atom stereocenters. The van der Waals surface area contributed by atoms with E-state index in [0.29, 0.717) is 6.54 Å². The molecule has 0 unspecified atom stereocenters. The van der Waals surface area contributed by atoms with Crippen molar-refractivity contribution in [3.63, 3.8) is 0 Å². The van der Waals surface area contributed by atoms with Gasteiger partial charge in [0.05, 0.1) is 10.8 Å². The van der Waals surface area contributed by atoms with Crippen LogP contribution >= 0.6 is 11.3 Å². The highest BCUT2D eigenvalue weighted by Crippen LogP contribution is 2.22. The third kappa shape index (κ3) is 3.79. The number of amides is 2. The molecule has 0 radical (unpaired) electrons. The van der Waals surface area contributed by atoms with Crippen LogP contribution in [0.1, 0.15) is 28.1 Å². The van der Waals surface area contributed by atoms with Crippen LogP contribution in [0.2, 0.25) is 0 Å². The number of nitrogens with one attached hydrogen (secondary N) is 1. The van der Waals surface area contributed by atoms with Gasteiger partial charge in [-0.3, -0.25) is 9.59 Å². The van der Waals surface area contributed by atoms with Crippen molar-refractivity contribution in [2.75, 3.05) is 18.4 Å². The minimum atomic E-state index is -0.144. The van der Waals surface area contributed by atoms with Crippen LogP contribution in [0.4, 0.5) is 5.69 Å². The smallest absolute Gasteiger partial charge is 0.263 e. The topological polar surface area (TPSA) is 49.4 Å². The number of rotatable bonds is 3. The van der Waals surface area contributed by atoms with E-state index in [1.807, 2.05) is 48.7 Å². The molecule has 3 rings (SSSR count). The van der Waals surface area contributed by atoms with Crippen LogP contribution in [0.15, 0.2) is 41.8 Å². The number of nitrogens with zero attached hydrogens (tertiary/aromatic N) is 1. The minimum Gasteiger partial charge on any atom is -0.337 e. The maximum atomic E-state index is 12.5. The number of thiophene rings is 1. The van der Waals surface area contributed by atoms with Crippen molar-refractivity contribution in [3.05, 3.63) is 52.2 Å². The molecule has 1 aromatic heterocycles. The first-order valence-electron chi connectivity index (χ1n) is 7.84. The molecule has 0 aliphatic carbocycles. The summed E-state index contributed by atoms with van der Waals surface area (Å²) in [5.41, 5.74) is 1.97. The van der Waals surface area contributed by atoms with Gasteiger partial charge >= 0.3 is 0 Å². The molecule has 2 aromatic rings. The van der Waals surface area contributed by atoms with E-state index < -0.39 is 0 Å². The Hall–Kier alpha value is -2.14. The van der Waals surface area contributed by atoms with Gasteiger partial charge in [-0.05, 0) is 43.3 Å². The van der Waals surface area contributed by atoms with Crippen LogP contribution in [0.3, 0.4) is 0 Å². The number of likely N-dealkylation sites (tertiary alicyclic amines) is 1. The standard InChI is InChI=1S/C18H20N2O2S/c1-13-6-8-15(9-7-13)19-17(21)14-4-2-10-20(12-14)18(22)16-5-3-11-23-16/h3,5-9,11,14H,2,4,10,12H2,1H3,(H,19,21)/t14-/m1/s1. The monoisotopic (exact) mass is 328 g/mol. The molecular formula is C18H20N2O2S. The number of aryl methyl sites for hydroxylation is 1. The van der Waals surface area contributed by atoms with E-state index in [2.05, 4.69) is 5.32 Å². The van der Waals surface area contributed by atoms with E-state index in [0.717, 1.165) is 35.5 Å². The molecule has 1 saturated heterocycles. The van der Waals surface area contributed by atoms with Gasteiger partial charge in [0.2, 0.25) is 5.91 Å². The molecule has 2 amide bonds. The van der Waals surface area contributed by atoms with Crippen LogP contribution in [-0.4, -0.2) is 29.8 Å². The summed E-state index contributed by atoms with van der Waals surface area (Å²) in [5.74, 6) is -0.112. The fourth-order valence-electron chi connectivity index (χ4n) is 2.81. The first kappa shape index (κ1) is 15.7. The highest BCUT2D eigenvalue weighted by molar-refractivity contribution is 7.12.